The van der Waals surface area contributed by atoms with Gasteiger partial charge in [-0.05, 0) is 49.0 Å². The molecular formula is C17H14BrF3N2O2S. The first-order valence-electron chi connectivity index (χ1n) is 7.26. The summed E-state index contributed by atoms with van der Waals surface area (Å²) in [6.45, 7) is 1.76. The van der Waals surface area contributed by atoms with Crippen LogP contribution in [0.15, 0.2) is 40.9 Å². The highest BCUT2D eigenvalue weighted by molar-refractivity contribution is 9.10. The Morgan fingerprint density at radius 3 is 2.50 bits per heavy atom. The topological polar surface area (TPSA) is 50.4 Å². The standard InChI is InChI=1S/C17H14BrF3N2O2S/c1-9-7-10(18)8-11(14(9)25-2)15(24)23-16(26)22-13-6-4-3-5-12(13)17(19,20)21/h3-8H,1-2H3,(H2,22,23,24,26). The van der Waals surface area contributed by atoms with Crippen LogP contribution in [0.2, 0.25) is 0 Å². The number of thiocarbonyl (C=S) groups is 1. The molecule has 0 heterocycles. The van der Waals surface area contributed by atoms with Crippen molar-refractivity contribution in [3.63, 3.8) is 0 Å². The number of anilines is 1. The molecular weight excluding hydrogens is 433 g/mol. The number of carbonyl (C=O) groups is 1. The SMILES string of the molecule is COc1c(C)cc(Br)cc1C(=O)NC(=S)Nc1ccccc1C(F)(F)F. The van der Waals surface area contributed by atoms with Gasteiger partial charge in [0.25, 0.3) is 5.91 Å². The molecule has 2 rings (SSSR count). The van der Waals surface area contributed by atoms with Crippen LogP contribution in [0.1, 0.15) is 21.5 Å². The lowest BCUT2D eigenvalue weighted by atomic mass is 10.1. The number of nitrogens with one attached hydrogen (secondary N) is 2. The van der Waals surface area contributed by atoms with Crippen molar-refractivity contribution in [3.8, 4) is 5.75 Å². The van der Waals surface area contributed by atoms with Crippen LogP contribution in [0.4, 0.5) is 18.9 Å². The average Bonchev–Trinajstić information content (AvgIpc) is 2.53. The van der Waals surface area contributed by atoms with Crippen LogP contribution < -0.4 is 15.4 Å². The maximum Gasteiger partial charge on any atom is 0.418 e. The normalized spacial score (nSPS) is 11.0. The van der Waals surface area contributed by atoms with Gasteiger partial charge in [-0.2, -0.15) is 13.2 Å². The van der Waals surface area contributed by atoms with Crippen molar-refractivity contribution in [1.82, 2.24) is 5.32 Å². The maximum absolute atomic E-state index is 13.0. The molecule has 0 saturated heterocycles. The van der Waals surface area contributed by atoms with Crippen LogP contribution in [0.25, 0.3) is 0 Å². The number of benzene rings is 2. The van der Waals surface area contributed by atoms with Crippen LogP contribution in [0.5, 0.6) is 5.75 Å². The molecule has 0 saturated carbocycles. The van der Waals surface area contributed by atoms with E-state index in [1.807, 2.05) is 0 Å². The molecule has 0 aliphatic rings. The van der Waals surface area contributed by atoms with Crippen molar-refractivity contribution in [2.45, 2.75) is 13.1 Å². The summed E-state index contributed by atoms with van der Waals surface area (Å²) >= 11 is 8.26. The van der Waals surface area contributed by atoms with Gasteiger partial charge in [-0.3, -0.25) is 10.1 Å². The number of halogens is 4. The van der Waals surface area contributed by atoms with Crippen LogP contribution in [0.3, 0.4) is 0 Å². The van der Waals surface area contributed by atoms with Gasteiger partial charge in [0, 0.05) is 4.47 Å². The first-order chi connectivity index (χ1) is 12.1. The number of para-hydroxylation sites is 1. The number of aryl methyl sites for hydroxylation is 1. The molecule has 2 aromatic rings. The van der Waals surface area contributed by atoms with E-state index in [9.17, 15) is 18.0 Å². The molecule has 0 radical (unpaired) electrons. The Morgan fingerprint density at radius 2 is 1.88 bits per heavy atom. The molecule has 0 aliphatic carbocycles. The number of ether oxygens (including phenoxy) is 1. The molecule has 0 atom stereocenters. The molecule has 0 unspecified atom stereocenters. The highest BCUT2D eigenvalue weighted by atomic mass is 79.9. The van der Waals surface area contributed by atoms with E-state index in [1.165, 1.54) is 31.4 Å². The second-order valence-electron chi connectivity index (χ2n) is 5.26. The summed E-state index contributed by atoms with van der Waals surface area (Å²) in [4.78, 5) is 12.4. The molecule has 26 heavy (non-hydrogen) atoms. The van der Waals surface area contributed by atoms with Crippen LogP contribution in [0, 0.1) is 6.92 Å². The summed E-state index contributed by atoms with van der Waals surface area (Å²) in [5.74, 6) is -0.252. The van der Waals surface area contributed by atoms with E-state index in [0.29, 0.717) is 15.8 Å². The van der Waals surface area contributed by atoms with Gasteiger partial charge < -0.3 is 10.1 Å². The predicted molar refractivity (Wildman–Crippen MR) is 101 cm³/mol. The quantitative estimate of drug-likeness (QED) is 0.657. The molecule has 2 N–H and O–H groups in total. The van der Waals surface area contributed by atoms with Gasteiger partial charge in [-0.1, -0.05) is 28.1 Å². The Labute approximate surface area is 161 Å². The monoisotopic (exact) mass is 446 g/mol. The number of amides is 1. The van der Waals surface area contributed by atoms with Gasteiger partial charge in [0.2, 0.25) is 0 Å². The zero-order valence-corrected chi connectivity index (χ0v) is 16.1. The molecule has 9 heteroatoms. The number of methoxy groups -OCH3 is 1. The van der Waals surface area contributed by atoms with Gasteiger partial charge >= 0.3 is 6.18 Å². The minimum atomic E-state index is -4.55. The Morgan fingerprint density at radius 1 is 1.23 bits per heavy atom. The van der Waals surface area contributed by atoms with E-state index in [1.54, 1.807) is 13.0 Å². The third kappa shape index (κ3) is 4.73. The van der Waals surface area contributed by atoms with Crippen molar-refractivity contribution in [2.24, 2.45) is 0 Å². The highest BCUT2D eigenvalue weighted by Crippen LogP contribution is 2.34. The summed E-state index contributed by atoms with van der Waals surface area (Å²) < 4.78 is 44.9. The molecule has 4 nitrogen and oxygen atoms in total. The average molecular weight is 447 g/mol. The maximum atomic E-state index is 13.0. The number of hydrogen-bond acceptors (Lipinski definition) is 3. The fraction of sp³-hybridized carbons (Fsp3) is 0.176. The predicted octanol–water partition coefficient (Wildman–Crippen LogP) is 4.91. The lowest BCUT2D eigenvalue weighted by Crippen LogP contribution is -2.35. The van der Waals surface area contributed by atoms with Gasteiger partial charge in [-0.25, -0.2) is 0 Å². The molecule has 0 aromatic heterocycles. The van der Waals surface area contributed by atoms with E-state index in [2.05, 4.69) is 26.6 Å². The van der Waals surface area contributed by atoms with E-state index < -0.39 is 17.6 Å². The summed E-state index contributed by atoms with van der Waals surface area (Å²) in [6, 6.07) is 8.16. The van der Waals surface area contributed by atoms with E-state index in [-0.39, 0.29) is 16.4 Å². The number of hydrogen-bond donors (Lipinski definition) is 2. The highest BCUT2D eigenvalue weighted by Gasteiger charge is 2.33. The molecule has 0 spiro atoms. The molecule has 1 amide bonds. The number of alkyl halides is 3. The Bertz CT molecular complexity index is 856. The fourth-order valence-electron chi connectivity index (χ4n) is 2.33. The van der Waals surface area contributed by atoms with Crippen molar-refractivity contribution in [2.75, 3.05) is 12.4 Å². The third-order valence-corrected chi connectivity index (χ3v) is 4.06. The molecule has 0 fully saturated rings. The molecule has 138 valence electrons. The Kier molecular flexibility index (Phi) is 6.25. The zero-order chi connectivity index (χ0) is 19.5. The van der Waals surface area contributed by atoms with Crippen LogP contribution >= 0.6 is 28.1 Å². The van der Waals surface area contributed by atoms with E-state index >= 15 is 0 Å². The second kappa shape index (κ2) is 8.05. The summed E-state index contributed by atoms with van der Waals surface area (Å²) in [6.07, 6.45) is -4.55. The largest absolute Gasteiger partial charge is 0.496 e. The zero-order valence-electron chi connectivity index (χ0n) is 13.7. The Hall–Kier alpha value is -2.13. The van der Waals surface area contributed by atoms with E-state index in [4.69, 9.17) is 17.0 Å². The van der Waals surface area contributed by atoms with Crippen LogP contribution in [-0.4, -0.2) is 18.1 Å². The van der Waals surface area contributed by atoms with Gasteiger partial charge in [-0.15, -0.1) is 0 Å². The van der Waals surface area contributed by atoms with Crippen molar-refractivity contribution < 1.29 is 22.7 Å². The van der Waals surface area contributed by atoms with Gasteiger partial charge in [0.05, 0.1) is 23.9 Å². The lowest BCUT2D eigenvalue weighted by molar-refractivity contribution is -0.136. The summed E-state index contributed by atoms with van der Waals surface area (Å²) in [7, 11) is 1.42. The summed E-state index contributed by atoms with van der Waals surface area (Å²) in [5, 5.41) is 4.52. The third-order valence-electron chi connectivity index (χ3n) is 3.40. The Balaban J connectivity index is 2.21. The van der Waals surface area contributed by atoms with Gasteiger partial charge in [0.15, 0.2) is 5.11 Å². The minimum Gasteiger partial charge on any atom is -0.496 e. The minimum absolute atomic E-state index is 0.202. The second-order valence-corrected chi connectivity index (χ2v) is 6.58. The van der Waals surface area contributed by atoms with Crippen molar-refractivity contribution in [3.05, 3.63) is 57.6 Å². The summed E-state index contributed by atoms with van der Waals surface area (Å²) in [5.41, 5.74) is -0.212. The van der Waals surface area contributed by atoms with Crippen molar-refractivity contribution >= 4 is 44.9 Å². The molecule has 0 aliphatic heterocycles. The smallest absolute Gasteiger partial charge is 0.418 e. The van der Waals surface area contributed by atoms with Crippen LogP contribution in [-0.2, 0) is 6.18 Å². The lowest BCUT2D eigenvalue weighted by Gasteiger charge is -2.16. The van der Waals surface area contributed by atoms with Crippen molar-refractivity contribution in [1.29, 1.82) is 0 Å². The molecule has 2 aromatic carbocycles. The van der Waals surface area contributed by atoms with Gasteiger partial charge in [0.1, 0.15) is 5.75 Å². The van der Waals surface area contributed by atoms with E-state index in [0.717, 1.165) is 6.07 Å². The number of carbonyl (C=O) groups excluding carboxylic acids is 1. The first kappa shape index (κ1) is 20.2. The first-order valence-corrected chi connectivity index (χ1v) is 8.46. The molecule has 0 bridgehead atoms. The fourth-order valence-corrected chi connectivity index (χ4v) is 3.11. The number of rotatable bonds is 3.